The van der Waals surface area contributed by atoms with Gasteiger partial charge >= 0.3 is 0 Å². The molecule has 1 aromatic carbocycles. The number of rotatable bonds is 4. The van der Waals surface area contributed by atoms with Crippen LogP contribution >= 0.6 is 15.9 Å². The summed E-state index contributed by atoms with van der Waals surface area (Å²) in [5, 5.41) is 11.4. The molecule has 1 aromatic rings. The topological polar surface area (TPSA) is 56.1 Å². The molecule has 0 unspecified atom stereocenters. The van der Waals surface area contributed by atoms with Crippen molar-refractivity contribution in [3.63, 3.8) is 0 Å². The molecule has 0 aliphatic rings. The molecule has 0 aliphatic heterocycles. The van der Waals surface area contributed by atoms with Gasteiger partial charge in [0.15, 0.2) is 0 Å². The van der Waals surface area contributed by atoms with Crippen LogP contribution in [0.1, 0.15) is 12.0 Å². The zero-order valence-electron chi connectivity index (χ0n) is 9.83. The fourth-order valence-electron chi connectivity index (χ4n) is 1.38. The van der Waals surface area contributed by atoms with Gasteiger partial charge in [0, 0.05) is 37.2 Å². The highest BCUT2D eigenvalue weighted by atomic mass is 79.9. The molecule has 0 saturated heterocycles. The van der Waals surface area contributed by atoms with Crippen LogP contribution in [-0.2, 0) is 4.79 Å². The first-order valence-corrected chi connectivity index (χ1v) is 5.98. The van der Waals surface area contributed by atoms with Crippen LogP contribution in [0.15, 0.2) is 22.7 Å². The Labute approximate surface area is 109 Å². The molecule has 0 bridgehead atoms. The van der Waals surface area contributed by atoms with Crippen molar-refractivity contribution in [3.05, 3.63) is 28.2 Å². The van der Waals surface area contributed by atoms with Gasteiger partial charge in [-0.3, -0.25) is 4.79 Å². The summed E-state index contributed by atoms with van der Waals surface area (Å²) in [4.78, 5) is 13.1. The van der Waals surface area contributed by atoms with Gasteiger partial charge in [0.05, 0.1) is 11.6 Å². The average molecular weight is 296 g/mol. The van der Waals surface area contributed by atoms with E-state index in [9.17, 15) is 4.79 Å². The monoisotopic (exact) mass is 295 g/mol. The zero-order valence-corrected chi connectivity index (χ0v) is 11.4. The van der Waals surface area contributed by atoms with Crippen LogP contribution in [0.2, 0.25) is 0 Å². The predicted octanol–water partition coefficient (Wildman–Crippen LogP) is 1.89. The van der Waals surface area contributed by atoms with Gasteiger partial charge in [-0.25, -0.2) is 0 Å². The van der Waals surface area contributed by atoms with Gasteiger partial charge in [-0.2, -0.15) is 5.26 Å². The van der Waals surface area contributed by atoms with E-state index in [-0.39, 0.29) is 5.91 Å². The second-order valence-electron chi connectivity index (χ2n) is 3.65. The van der Waals surface area contributed by atoms with E-state index in [2.05, 4.69) is 27.3 Å². The first-order valence-electron chi connectivity index (χ1n) is 5.19. The number of nitrogens with zero attached hydrogens (tertiary/aromatic N) is 2. The Hall–Kier alpha value is -1.54. The average Bonchev–Trinajstić information content (AvgIpc) is 2.34. The number of nitriles is 1. The number of carbonyl (C=O) groups excluding carboxylic acids is 1. The number of benzene rings is 1. The largest absolute Gasteiger partial charge is 0.374 e. The molecule has 90 valence electrons. The summed E-state index contributed by atoms with van der Waals surface area (Å²) in [5.74, 6) is 0.00681. The molecule has 0 atom stereocenters. The lowest BCUT2D eigenvalue weighted by atomic mass is 10.2. The van der Waals surface area contributed by atoms with Crippen LogP contribution in [-0.4, -0.2) is 26.5 Å². The first-order chi connectivity index (χ1) is 8.06. The van der Waals surface area contributed by atoms with Crippen LogP contribution in [0.3, 0.4) is 0 Å². The van der Waals surface area contributed by atoms with Crippen molar-refractivity contribution in [2.24, 2.45) is 0 Å². The highest BCUT2D eigenvalue weighted by molar-refractivity contribution is 9.10. The lowest BCUT2D eigenvalue weighted by Gasteiger charge is -2.19. The Kier molecular flexibility index (Phi) is 4.98. The molecule has 1 N–H and O–H groups in total. The summed E-state index contributed by atoms with van der Waals surface area (Å²) < 4.78 is 0.860. The van der Waals surface area contributed by atoms with E-state index < -0.39 is 0 Å². The zero-order chi connectivity index (χ0) is 12.8. The Morgan fingerprint density at radius 3 is 2.82 bits per heavy atom. The van der Waals surface area contributed by atoms with Crippen molar-refractivity contribution in [2.45, 2.75) is 6.42 Å². The number of amides is 1. The predicted molar refractivity (Wildman–Crippen MR) is 70.8 cm³/mol. The van der Waals surface area contributed by atoms with Crippen LogP contribution in [0.5, 0.6) is 0 Å². The van der Waals surface area contributed by atoms with Gasteiger partial charge in [-0.05, 0) is 18.2 Å². The molecule has 0 fully saturated rings. The maximum Gasteiger partial charge on any atom is 0.221 e. The minimum Gasteiger partial charge on any atom is -0.374 e. The van der Waals surface area contributed by atoms with Crippen molar-refractivity contribution in [3.8, 4) is 6.07 Å². The van der Waals surface area contributed by atoms with Crippen molar-refractivity contribution in [1.29, 1.82) is 5.26 Å². The first kappa shape index (κ1) is 13.5. The van der Waals surface area contributed by atoms with E-state index in [0.29, 0.717) is 18.5 Å². The van der Waals surface area contributed by atoms with Crippen molar-refractivity contribution in [1.82, 2.24) is 5.32 Å². The molecule has 0 saturated carbocycles. The van der Waals surface area contributed by atoms with E-state index in [4.69, 9.17) is 5.26 Å². The highest BCUT2D eigenvalue weighted by Crippen LogP contribution is 2.21. The molecule has 4 nitrogen and oxygen atoms in total. The molecule has 0 spiro atoms. The maximum absolute atomic E-state index is 11.1. The normalized spacial score (nSPS) is 9.53. The van der Waals surface area contributed by atoms with Gasteiger partial charge in [0.25, 0.3) is 0 Å². The Morgan fingerprint density at radius 1 is 1.53 bits per heavy atom. The van der Waals surface area contributed by atoms with Crippen LogP contribution in [0.25, 0.3) is 0 Å². The Morgan fingerprint density at radius 2 is 2.24 bits per heavy atom. The molecule has 17 heavy (non-hydrogen) atoms. The SMILES string of the molecule is CNC(=O)CCN(C)c1cc(Br)cc(C#N)c1. The number of nitrogens with one attached hydrogen (secondary N) is 1. The summed E-state index contributed by atoms with van der Waals surface area (Å²) in [6.45, 7) is 0.612. The summed E-state index contributed by atoms with van der Waals surface area (Å²) in [5.41, 5.74) is 1.51. The number of anilines is 1. The van der Waals surface area contributed by atoms with Crippen molar-refractivity contribution in [2.75, 3.05) is 25.5 Å². The lowest BCUT2D eigenvalue weighted by molar-refractivity contribution is -0.120. The van der Waals surface area contributed by atoms with E-state index in [1.807, 2.05) is 18.0 Å². The van der Waals surface area contributed by atoms with Crippen LogP contribution in [0.4, 0.5) is 5.69 Å². The minimum atomic E-state index is 0.00681. The fourth-order valence-corrected chi connectivity index (χ4v) is 1.86. The van der Waals surface area contributed by atoms with Gasteiger partial charge in [-0.15, -0.1) is 0 Å². The van der Waals surface area contributed by atoms with Crippen molar-refractivity contribution >= 4 is 27.5 Å². The highest BCUT2D eigenvalue weighted by Gasteiger charge is 2.06. The summed E-state index contributed by atoms with van der Waals surface area (Å²) in [7, 11) is 3.51. The second-order valence-corrected chi connectivity index (χ2v) is 4.57. The molecule has 0 aromatic heterocycles. The van der Waals surface area contributed by atoms with Gasteiger partial charge in [-0.1, -0.05) is 15.9 Å². The Bertz CT molecular complexity index is 454. The molecule has 0 aliphatic carbocycles. The Balaban J connectivity index is 2.75. The third-order valence-electron chi connectivity index (χ3n) is 2.41. The number of halogens is 1. The molecular formula is C12H14BrN3O. The molecular weight excluding hydrogens is 282 g/mol. The van der Waals surface area contributed by atoms with Gasteiger partial charge in [0.2, 0.25) is 5.91 Å². The smallest absolute Gasteiger partial charge is 0.221 e. The minimum absolute atomic E-state index is 0.00681. The maximum atomic E-state index is 11.1. The molecule has 1 amide bonds. The lowest BCUT2D eigenvalue weighted by Crippen LogP contribution is -2.26. The number of carbonyl (C=O) groups is 1. The van der Waals surface area contributed by atoms with Gasteiger partial charge in [0.1, 0.15) is 0 Å². The number of hydrogen-bond donors (Lipinski definition) is 1. The molecule has 0 heterocycles. The standard InChI is InChI=1S/C12H14BrN3O/c1-15-12(17)3-4-16(2)11-6-9(8-14)5-10(13)7-11/h5-7H,3-4H2,1-2H3,(H,15,17). The quantitative estimate of drug-likeness (QED) is 0.923. The van der Waals surface area contributed by atoms with Gasteiger partial charge < -0.3 is 10.2 Å². The third kappa shape index (κ3) is 4.08. The van der Waals surface area contributed by atoms with Crippen LogP contribution < -0.4 is 10.2 Å². The molecule has 1 rings (SSSR count). The molecule has 0 radical (unpaired) electrons. The summed E-state index contributed by atoms with van der Waals surface area (Å²) >= 11 is 3.36. The fraction of sp³-hybridized carbons (Fsp3) is 0.333. The summed E-state index contributed by atoms with van der Waals surface area (Å²) in [6.07, 6.45) is 0.432. The summed E-state index contributed by atoms with van der Waals surface area (Å²) in [6, 6.07) is 7.58. The van der Waals surface area contributed by atoms with E-state index in [0.717, 1.165) is 10.2 Å². The van der Waals surface area contributed by atoms with E-state index >= 15 is 0 Å². The third-order valence-corrected chi connectivity index (χ3v) is 2.86. The molecule has 5 heteroatoms. The van der Waals surface area contributed by atoms with E-state index in [1.165, 1.54) is 0 Å². The second kappa shape index (κ2) is 6.26. The van der Waals surface area contributed by atoms with Crippen LogP contribution in [0, 0.1) is 11.3 Å². The van der Waals surface area contributed by atoms with Crippen molar-refractivity contribution < 1.29 is 4.79 Å². The number of hydrogen-bond acceptors (Lipinski definition) is 3. The van der Waals surface area contributed by atoms with E-state index in [1.54, 1.807) is 19.2 Å².